The van der Waals surface area contributed by atoms with Gasteiger partial charge in [-0.2, -0.15) is 0 Å². The first-order valence-corrected chi connectivity index (χ1v) is 8.36. The summed E-state index contributed by atoms with van der Waals surface area (Å²) < 4.78 is 0. The van der Waals surface area contributed by atoms with E-state index in [4.69, 9.17) is 5.11 Å². The van der Waals surface area contributed by atoms with Crippen LogP contribution in [-0.4, -0.2) is 50.6 Å². The lowest BCUT2D eigenvalue weighted by atomic mass is 9.96. The molecule has 1 N–H and O–H groups in total. The standard InChI is InChI=1S/C16H22N4O2S/c1-16(2,3)11-20(8-5-9-21)15(22)12-10-19-14(23-12)13-17-6-4-7-18-13/h4,6-7,10,21H,5,8-9,11H2,1-3H3. The van der Waals surface area contributed by atoms with Gasteiger partial charge in [-0.3, -0.25) is 4.79 Å². The molecule has 0 aliphatic heterocycles. The second-order valence-corrected chi connectivity index (χ2v) is 7.50. The number of aromatic nitrogens is 3. The van der Waals surface area contributed by atoms with E-state index < -0.39 is 0 Å². The van der Waals surface area contributed by atoms with E-state index in [1.165, 1.54) is 11.3 Å². The number of hydrogen-bond donors (Lipinski definition) is 1. The van der Waals surface area contributed by atoms with Crippen LogP contribution in [0, 0.1) is 5.41 Å². The minimum atomic E-state index is -0.0620. The van der Waals surface area contributed by atoms with Gasteiger partial charge in [0.15, 0.2) is 10.8 Å². The second kappa shape index (κ2) is 7.61. The van der Waals surface area contributed by atoms with Crippen LogP contribution in [0.4, 0.5) is 0 Å². The summed E-state index contributed by atoms with van der Waals surface area (Å²) in [4.78, 5) is 27.7. The fraction of sp³-hybridized carbons (Fsp3) is 0.500. The van der Waals surface area contributed by atoms with Crippen molar-refractivity contribution in [2.24, 2.45) is 5.41 Å². The van der Waals surface area contributed by atoms with Gasteiger partial charge >= 0.3 is 0 Å². The van der Waals surface area contributed by atoms with Crippen LogP contribution in [0.3, 0.4) is 0 Å². The SMILES string of the molecule is CC(C)(C)CN(CCCO)C(=O)c1cnc(-c2ncccn2)s1. The lowest BCUT2D eigenvalue weighted by molar-refractivity contribution is 0.0687. The van der Waals surface area contributed by atoms with Crippen molar-refractivity contribution in [1.82, 2.24) is 19.9 Å². The molecule has 2 heterocycles. The molecule has 0 aliphatic carbocycles. The average Bonchev–Trinajstić information content (AvgIpc) is 3.00. The fourth-order valence-electron chi connectivity index (χ4n) is 2.13. The molecule has 0 aliphatic rings. The normalized spacial score (nSPS) is 11.5. The van der Waals surface area contributed by atoms with Crippen LogP contribution in [0.15, 0.2) is 24.7 Å². The van der Waals surface area contributed by atoms with Crippen molar-refractivity contribution in [3.05, 3.63) is 29.5 Å². The lowest BCUT2D eigenvalue weighted by Crippen LogP contribution is -2.38. The van der Waals surface area contributed by atoms with Gasteiger partial charge < -0.3 is 10.0 Å². The maximum atomic E-state index is 12.7. The number of amides is 1. The Balaban J connectivity index is 2.18. The number of aliphatic hydroxyl groups excluding tert-OH is 1. The van der Waals surface area contributed by atoms with E-state index in [-0.39, 0.29) is 17.9 Å². The molecule has 0 unspecified atom stereocenters. The molecule has 23 heavy (non-hydrogen) atoms. The Kier molecular flexibility index (Phi) is 5.79. The van der Waals surface area contributed by atoms with Gasteiger partial charge in [0.2, 0.25) is 0 Å². The molecule has 2 aromatic heterocycles. The molecule has 0 saturated carbocycles. The summed E-state index contributed by atoms with van der Waals surface area (Å²) in [6.07, 6.45) is 5.44. The smallest absolute Gasteiger partial charge is 0.265 e. The molecule has 1 amide bonds. The van der Waals surface area contributed by atoms with Crippen LogP contribution < -0.4 is 0 Å². The van der Waals surface area contributed by atoms with Crippen molar-refractivity contribution in [3.8, 4) is 10.8 Å². The quantitative estimate of drug-likeness (QED) is 0.878. The van der Waals surface area contributed by atoms with Gasteiger partial charge in [-0.1, -0.05) is 20.8 Å². The third kappa shape index (κ3) is 5.07. The van der Waals surface area contributed by atoms with Crippen molar-refractivity contribution >= 4 is 17.2 Å². The molecule has 0 aromatic carbocycles. The van der Waals surface area contributed by atoms with E-state index in [0.717, 1.165) is 0 Å². The number of thiazole rings is 1. The first-order chi connectivity index (χ1) is 10.9. The van der Waals surface area contributed by atoms with Crippen molar-refractivity contribution in [3.63, 3.8) is 0 Å². The minimum absolute atomic E-state index is 0.0127. The van der Waals surface area contributed by atoms with Crippen LogP contribution in [0.1, 0.15) is 36.9 Å². The number of carbonyl (C=O) groups excluding carboxylic acids is 1. The molecule has 0 fully saturated rings. The molecule has 2 aromatic rings. The van der Waals surface area contributed by atoms with Gasteiger partial charge in [0.1, 0.15) is 4.88 Å². The van der Waals surface area contributed by atoms with Crippen molar-refractivity contribution in [1.29, 1.82) is 0 Å². The predicted octanol–water partition coefficient (Wildman–Crippen LogP) is 2.47. The minimum Gasteiger partial charge on any atom is -0.396 e. The molecule has 0 atom stereocenters. The molecule has 0 spiro atoms. The Bertz CT molecular complexity index is 637. The maximum absolute atomic E-state index is 12.7. The van der Waals surface area contributed by atoms with Crippen LogP contribution in [0.25, 0.3) is 10.8 Å². The number of aliphatic hydroxyl groups is 1. The highest BCUT2D eigenvalue weighted by atomic mass is 32.1. The summed E-state index contributed by atoms with van der Waals surface area (Å²) in [6.45, 7) is 7.48. The second-order valence-electron chi connectivity index (χ2n) is 6.47. The number of rotatable bonds is 6. The highest BCUT2D eigenvalue weighted by molar-refractivity contribution is 7.16. The molecule has 2 rings (SSSR count). The van der Waals surface area contributed by atoms with E-state index in [1.54, 1.807) is 29.6 Å². The molecule has 0 saturated heterocycles. The van der Waals surface area contributed by atoms with E-state index in [9.17, 15) is 4.79 Å². The summed E-state index contributed by atoms with van der Waals surface area (Å²) in [5, 5.41) is 9.69. The highest BCUT2D eigenvalue weighted by Gasteiger charge is 2.23. The van der Waals surface area contributed by atoms with E-state index in [1.807, 2.05) is 0 Å². The average molecular weight is 334 g/mol. The van der Waals surface area contributed by atoms with Crippen LogP contribution in [-0.2, 0) is 0 Å². The monoisotopic (exact) mass is 334 g/mol. The van der Waals surface area contributed by atoms with E-state index in [2.05, 4.69) is 35.7 Å². The summed E-state index contributed by atoms with van der Waals surface area (Å²) in [5.74, 6) is 0.460. The molecule has 124 valence electrons. The van der Waals surface area contributed by atoms with Gasteiger partial charge in [0, 0.05) is 32.1 Å². The fourth-order valence-corrected chi connectivity index (χ4v) is 2.96. The highest BCUT2D eigenvalue weighted by Crippen LogP contribution is 2.24. The summed E-state index contributed by atoms with van der Waals surface area (Å²) >= 11 is 1.29. The first kappa shape index (κ1) is 17.5. The first-order valence-electron chi connectivity index (χ1n) is 7.54. The zero-order valence-electron chi connectivity index (χ0n) is 13.7. The van der Waals surface area contributed by atoms with Crippen molar-refractivity contribution < 1.29 is 9.90 Å². The lowest BCUT2D eigenvalue weighted by Gasteiger charge is -2.29. The summed E-state index contributed by atoms with van der Waals surface area (Å²) in [5.41, 5.74) is -0.0127. The van der Waals surface area contributed by atoms with Crippen LogP contribution in [0.5, 0.6) is 0 Å². The summed E-state index contributed by atoms with van der Waals surface area (Å²) in [7, 11) is 0. The number of nitrogens with zero attached hydrogens (tertiary/aromatic N) is 4. The Morgan fingerprint density at radius 2 is 1.96 bits per heavy atom. The third-order valence-corrected chi connectivity index (χ3v) is 3.99. The zero-order valence-corrected chi connectivity index (χ0v) is 14.5. The van der Waals surface area contributed by atoms with Crippen LogP contribution in [0.2, 0.25) is 0 Å². The summed E-state index contributed by atoms with van der Waals surface area (Å²) in [6, 6.07) is 1.74. The Hall–Kier alpha value is -1.86. The Morgan fingerprint density at radius 1 is 1.26 bits per heavy atom. The topological polar surface area (TPSA) is 79.2 Å². The number of carbonyl (C=O) groups is 1. The molecule has 0 bridgehead atoms. The van der Waals surface area contributed by atoms with Gasteiger partial charge in [0.05, 0.1) is 6.20 Å². The van der Waals surface area contributed by atoms with Gasteiger partial charge in [-0.15, -0.1) is 11.3 Å². The molecule has 6 nitrogen and oxygen atoms in total. The van der Waals surface area contributed by atoms with Crippen LogP contribution >= 0.6 is 11.3 Å². The number of hydrogen-bond acceptors (Lipinski definition) is 6. The van der Waals surface area contributed by atoms with Gasteiger partial charge in [0.25, 0.3) is 5.91 Å². The van der Waals surface area contributed by atoms with Gasteiger partial charge in [-0.25, -0.2) is 15.0 Å². The van der Waals surface area contributed by atoms with Crippen molar-refractivity contribution in [2.75, 3.05) is 19.7 Å². The third-order valence-electron chi connectivity index (χ3n) is 3.01. The van der Waals surface area contributed by atoms with E-state index in [0.29, 0.717) is 35.2 Å². The largest absolute Gasteiger partial charge is 0.396 e. The Labute approximate surface area is 140 Å². The molecular formula is C16H22N4O2S. The van der Waals surface area contributed by atoms with Crippen molar-refractivity contribution in [2.45, 2.75) is 27.2 Å². The predicted molar refractivity (Wildman–Crippen MR) is 90.2 cm³/mol. The Morgan fingerprint density at radius 3 is 2.57 bits per heavy atom. The molecular weight excluding hydrogens is 312 g/mol. The van der Waals surface area contributed by atoms with Gasteiger partial charge in [-0.05, 0) is 17.9 Å². The molecule has 0 radical (unpaired) electrons. The molecule has 7 heteroatoms. The zero-order chi connectivity index (χ0) is 16.9. The van der Waals surface area contributed by atoms with E-state index >= 15 is 0 Å². The maximum Gasteiger partial charge on any atom is 0.265 e.